The van der Waals surface area contributed by atoms with Gasteiger partial charge < -0.3 is 28.8 Å². The number of methoxy groups -OCH3 is 3. The second kappa shape index (κ2) is 7.14. The molecule has 3 aliphatic rings. The number of fused-ring (bicyclic) bond motifs is 5. The predicted octanol–water partition coefficient (Wildman–Crippen LogP) is 3.53. The number of carbonyl (C=O) groups excluding carboxylic acids is 1. The fourth-order valence-electron chi connectivity index (χ4n) is 6.03. The minimum Gasteiger partial charge on any atom is -0.497 e. The van der Waals surface area contributed by atoms with E-state index in [1.807, 2.05) is 54.6 Å². The normalized spacial score (nSPS) is 30.2. The molecule has 1 N–H and O–H groups in total. The van der Waals surface area contributed by atoms with Gasteiger partial charge in [-0.25, -0.2) is 0 Å². The highest BCUT2D eigenvalue weighted by molar-refractivity contribution is 5.84. The van der Waals surface area contributed by atoms with E-state index in [1.165, 1.54) is 7.11 Å². The van der Waals surface area contributed by atoms with Crippen LogP contribution in [-0.2, 0) is 20.7 Å². The van der Waals surface area contributed by atoms with Crippen LogP contribution in [0.5, 0.6) is 23.0 Å². The van der Waals surface area contributed by atoms with Gasteiger partial charge in [-0.15, -0.1) is 0 Å². The molecule has 34 heavy (non-hydrogen) atoms. The lowest BCUT2D eigenvalue weighted by Gasteiger charge is -2.40. The summed E-state index contributed by atoms with van der Waals surface area (Å²) in [7, 11) is 4.68. The fraction of sp³-hybridized carbons (Fsp3) is 0.296. The third-order valence-corrected chi connectivity index (χ3v) is 7.44. The topological polar surface area (TPSA) is 83.5 Å². The summed E-state index contributed by atoms with van der Waals surface area (Å²) in [6.45, 7) is 0. The highest BCUT2D eigenvalue weighted by Gasteiger charge is 2.82. The summed E-state index contributed by atoms with van der Waals surface area (Å²) >= 11 is 0. The quantitative estimate of drug-likeness (QED) is 0.583. The van der Waals surface area contributed by atoms with Crippen LogP contribution in [-0.4, -0.2) is 38.5 Å². The largest absolute Gasteiger partial charge is 0.497 e. The molecule has 2 aliphatic heterocycles. The molecule has 3 aromatic carbocycles. The molecule has 0 aromatic heterocycles. The molecule has 1 aliphatic carbocycles. The summed E-state index contributed by atoms with van der Waals surface area (Å²) in [5.41, 5.74) is -1.03. The summed E-state index contributed by atoms with van der Waals surface area (Å²) in [5, 5.41) is 12.7. The van der Waals surface area contributed by atoms with Gasteiger partial charge in [0, 0.05) is 18.1 Å². The third kappa shape index (κ3) is 2.37. The van der Waals surface area contributed by atoms with Gasteiger partial charge in [0.15, 0.2) is 17.3 Å². The maximum Gasteiger partial charge on any atom is 0.314 e. The lowest BCUT2D eigenvalue weighted by molar-refractivity contribution is -0.213. The summed E-state index contributed by atoms with van der Waals surface area (Å²) in [6.07, 6.45) is -0.809. The number of aliphatic hydroxyl groups is 1. The van der Waals surface area contributed by atoms with Crippen LogP contribution in [0.15, 0.2) is 66.7 Å². The number of rotatable bonds is 5. The average Bonchev–Trinajstić information content (AvgIpc) is 3.24. The van der Waals surface area contributed by atoms with Gasteiger partial charge in [0.1, 0.15) is 28.9 Å². The van der Waals surface area contributed by atoms with Gasteiger partial charge in [0.05, 0.1) is 26.9 Å². The first-order chi connectivity index (χ1) is 16.5. The molecule has 174 valence electrons. The number of esters is 1. The Kier molecular flexibility index (Phi) is 4.38. The Labute approximate surface area is 196 Å². The van der Waals surface area contributed by atoms with Crippen LogP contribution in [0, 0.1) is 5.92 Å². The summed E-state index contributed by atoms with van der Waals surface area (Å²) in [4.78, 5) is 12.8. The summed E-state index contributed by atoms with van der Waals surface area (Å²) in [5.74, 6) is 0.577. The van der Waals surface area contributed by atoms with Gasteiger partial charge in [0.2, 0.25) is 0 Å². The van der Waals surface area contributed by atoms with Gasteiger partial charge in [0.25, 0.3) is 0 Å². The van der Waals surface area contributed by atoms with Crippen LogP contribution in [0.2, 0.25) is 0 Å². The Balaban J connectivity index is 1.68. The molecule has 1 saturated carbocycles. The SMILES string of the molecule is COc1ccc([C@]23Oc4cc(OC)cc(OC)c4[C@@]2(O)[C@@H]2OC(=O)C2[C@H]3c2ccccc2)cc1. The van der Waals surface area contributed by atoms with E-state index in [-0.39, 0.29) is 5.97 Å². The van der Waals surface area contributed by atoms with Crippen LogP contribution in [0.25, 0.3) is 0 Å². The Morgan fingerprint density at radius 2 is 1.59 bits per heavy atom. The monoisotopic (exact) mass is 460 g/mol. The number of hydrogen-bond acceptors (Lipinski definition) is 7. The Hall–Kier alpha value is -3.71. The van der Waals surface area contributed by atoms with Crippen LogP contribution in [0.1, 0.15) is 22.6 Å². The molecule has 5 atom stereocenters. The molecule has 0 amide bonds. The van der Waals surface area contributed by atoms with Crippen molar-refractivity contribution in [3.8, 4) is 23.0 Å². The van der Waals surface area contributed by atoms with E-state index in [0.717, 1.165) is 5.56 Å². The number of ether oxygens (including phenoxy) is 5. The molecule has 1 saturated heterocycles. The molecule has 0 bridgehead atoms. The average molecular weight is 460 g/mol. The highest BCUT2D eigenvalue weighted by atomic mass is 16.6. The minimum atomic E-state index is -1.70. The summed E-state index contributed by atoms with van der Waals surface area (Å²) < 4.78 is 28.9. The molecule has 2 fully saturated rings. The molecule has 1 unspecified atom stereocenters. The zero-order valence-corrected chi connectivity index (χ0v) is 19.0. The fourth-order valence-corrected chi connectivity index (χ4v) is 6.03. The standard InChI is InChI=1S/C27H24O7/c1-30-17-11-9-16(10-12-17)27-22(15-7-5-4-6-8-15)21-24(33-25(21)28)26(27,29)23-19(32-3)13-18(31-2)14-20(23)34-27/h4-14,21-22,24,29H,1-3H3/t21?,22-,24-,26-,27-/m1/s1. The maximum atomic E-state index is 12.8. The molecule has 6 rings (SSSR count). The van der Waals surface area contributed by atoms with Crippen molar-refractivity contribution in [2.24, 2.45) is 5.92 Å². The molecule has 2 heterocycles. The number of hydrogen-bond donors (Lipinski definition) is 1. The molecule has 7 nitrogen and oxygen atoms in total. The van der Waals surface area contributed by atoms with Crippen LogP contribution in [0.4, 0.5) is 0 Å². The smallest absolute Gasteiger partial charge is 0.314 e. The lowest BCUT2D eigenvalue weighted by Crippen LogP contribution is -2.55. The molecular formula is C27H24O7. The maximum absolute atomic E-state index is 12.8. The van der Waals surface area contributed by atoms with E-state index in [4.69, 9.17) is 23.7 Å². The van der Waals surface area contributed by atoms with E-state index in [0.29, 0.717) is 34.1 Å². The van der Waals surface area contributed by atoms with Crippen LogP contribution >= 0.6 is 0 Å². The Morgan fingerprint density at radius 1 is 0.882 bits per heavy atom. The van der Waals surface area contributed by atoms with E-state index in [1.54, 1.807) is 26.4 Å². The van der Waals surface area contributed by atoms with Crippen molar-refractivity contribution >= 4 is 5.97 Å². The first-order valence-electron chi connectivity index (χ1n) is 11.1. The first kappa shape index (κ1) is 20.9. The lowest BCUT2D eigenvalue weighted by atomic mass is 9.71. The molecule has 0 radical (unpaired) electrons. The number of carbonyl (C=O) groups is 1. The van der Waals surface area contributed by atoms with E-state index >= 15 is 0 Å². The van der Waals surface area contributed by atoms with Gasteiger partial charge >= 0.3 is 5.97 Å². The summed E-state index contributed by atoms with van der Waals surface area (Å²) in [6, 6.07) is 20.5. The van der Waals surface area contributed by atoms with Crippen molar-refractivity contribution in [2.45, 2.75) is 23.2 Å². The van der Waals surface area contributed by atoms with Crippen LogP contribution in [0.3, 0.4) is 0 Å². The van der Waals surface area contributed by atoms with Crippen molar-refractivity contribution in [1.82, 2.24) is 0 Å². The third-order valence-electron chi connectivity index (χ3n) is 7.44. The van der Waals surface area contributed by atoms with Crippen LogP contribution < -0.4 is 18.9 Å². The first-order valence-corrected chi connectivity index (χ1v) is 11.1. The second-order valence-corrected chi connectivity index (χ2v) is 8.81. The van der Waals surface area contributed by atoms with E-state index < -0.39 is 29.1 Å². The molecule has 0 spiro atoms. The Morgan fingerprint density at radius 3 is 2.21 bits per heavy atom. The number of benzene rings is 3. The van der Waals surface area contributed by atoms with Crippen molar-refractivity contribution in [3.63, 3.8) is 0 Å². The van der Waals surface area contributed by atoms with Crippen molar-refractivity contribution < 1.29 is 33.6 Å². The minimum absolute atomic E-state index is 0.354. The zero-order chi connectivity index (χ0) is 23.7. The van der Waals surface area contributed by atoms with Crippen molar-refractivity contribution in [3.05, 3.63) is 83.4 Å². The van der Waals surface area contributed by atoms with E-state index in [9.17, 15) is 9.90 Å². The zero-order valence-electron chi connectivity index (χ0n) is 19.0. The van der Waals surface area contributed by atoms with Gasteiger partial charge in [-0.3, -0.25) is 4.79 Å². The highest BCUT2D eigenvalue weighted by Crippen LogP contribution is 2.73. The van der Waals surface area contributed by atoms with Crippen molar-refractivity contribution in [2.75, 3.05) is 21.3 Å². The molecule has 3 aromatic rings. The Bertz CT molecular complexity index is 1270. The van der Waals surface area contributed by atoms with Crippen molar-refractivity contribution in [1.29, 1.82) is 0 Å². The van der Waals surface area contributed by atoms with Gasteiger partial charge in [-0.05, 0) is 23.3 Å². The van der Waals surface area contributed by atoms with E-state index in [2.05, 4.69) is 0 Å². The molecule has 7 heteroatoms. The van der Waals surface area contributed by atoms with Gasteiger partial charge in [-0.1, -0.05) is 42.5 Å². The molecular weight excluding hydrogens is 436 g/mol. The predicted molar refractivity (Wildman–Crippen MR) is 121 cm³/mol. The second-order valence-electron chi connectivity index (χ2n) is 8.81. The van der Waals surface area contributed by atoms with Gasteiger partial charge in [-0.2, -0.15) is 0 Å².